The molecule has 0 saturated heterocycles. The van der Waals surface area contributed by atoms with Crippen LogP contribution < -0.4 is 10.6 Å². The molecule has 0 aliphatic carbocycles. The van der Waals surface area contributed by atoms with Crippen LogP contribution in [-0.2, 0) is 16.1 Å². The molecule has 2 aromatic carbocycles. The quantitative estimate of drug-likeness (QED) is 0.679. The van der Waals surface area contributed by atoms with E-state index in [2.05, 4.69) is 26.0 Å². The zero-order chi connectivity index (χ0) is 19.4. The topological polar surface area (TPSA) is 102 Å². The summed E-state index contributed by atoms with van der Waals surface area (Å²) >= 11 is 12.2. The Hall–Kier alpha value is -2.97. The molecule has 0 unspecified atom stereocenters. The van der Waals surface area contributed by atoms with Crippen molar-refractivity contribution in [3.8, 4) is 11.4 Å². The van der Waals surface area contributed by atoms with Crippen molar-refractivity contribution in [2.45, 2.75) is 13.5 Å². The van der Waals surface area contributed by atoms with Crippen molar-refractivity contribution in [3.63, 3.8) is 0 Å². The minimum Gasteiger partial charge on any atom is -0.325 e. The van der Waals surface area contributed by atoms with Gasteiger partial charge in [-0.25, -0.2) is 0 Å². The van der Waals surface area contributed by atoms with E-state index in [0.29, 0.717) is 32.8 Å². The Morgan fingerprint density at radius 3 is 2.48 bits per heavy atom. The van der Waals surface area contributed by atoms with Crippen LogP contribution in [0, 0.1) is 0 Å². The van der Waals surface area contributed by atoms with Crippen LogP contribution in [0.25, 0.3) is 11.4 Å². The lowest BCUT2D eigenvalue weighted by atomic mass is 10.2. The first-order valence-corrected chi connectivity index (χ1v) is 8.57. The second-order valence-corrected chi connectivity index (χ2v) is 6.36. The van der Waals surface area contributed by atoms with Crippen LogP contribution in [0.5, 0.6) is 0 Å². The molecule has 0 aliphatic heterocycles. The molecule has 1 heterocycles. The number of halogens is 2. The summed E-state index contributed by atoms with van der Waals surface area (Å²) in [6.07, 6.45) is 0. The number of para-hydroxylation sites is 1. The van der Waals surface area contributed by atoms with Gasteiger partial charge in [0.2, 0.25) is 17.6 Å². The molecular weight excluding hydrogens is 391 g/mol. The van der Waals surface area contributed by atoms with Gasteiger partial charge in [-0.05, 0) is 35.5 Å². The maximum absolute atomic E-state index is 12.1. The van der Waals surface area contributed by atoms with Crippen LogP contribution in [0.1, 0.15) is 6.92 Å². The van der Waals surface area contributed by atoms with E-state index in [4.69, 9.17) is 23.2 Å². The lowest BCUT2D eigenvalue weighted by molar-refractivity contribution is -0.117. The predicted molar refractivity (Wildman–Crippen MR) is 103 cm³/mol. The average molecular weight is 405 g/mol. The summed E-state index contributed by atoms with van der Waals surface area (Å²) in [5.41, 5.74) is 1.59. The molecule has 1 aromatic heterocycles. The van der Waals surface area contributed by atoms with Gasteiger partial charge < -0.3 is 10.6 Å². The molecule has 3 aromatic rings. The highest BCUT2D eigenvalue weighted by Gasteiger charge is 2.12. The van der Waals surface area contributed by atoms with Gasteiger partial charge in [-0.15, -0.1) is 10.2 Å². The summed E-state index contributed by atoms with van der Waals surface area (Å²) < 4.78 is 0. The highest BCUT2D eigenvalue weighted by atomic mass is 35.5. The van der Waals surface area contributed by atoms with E-state index in [1.165, 1.54) is 6.92 Å². The number of aromatic nitrogens is 4. The number of rotatable bonds is 5. The lowest BCUT2D eigenvalue weighted by Gasteiger charge is -2.06. The van der Waals surface area contributed by atoms with Crippen molar-refractivity contribution in [1.29, 1.82) is 0 Å². The van der Waals surface area contributed by atoms with Gasteiger partial charge in [0, 0.05) is 12.5 Å². The molecule has 3 rings (SSSR count). The summed E-state index contributed by atoms with van der Waals surface area (Å²) in [7, 11) is 0. The molecule has 0 aliphatic rings. The van der Waals surface area contributed by atoms with Gasteiger partial charge in [0.05, 0.1) is 21.4 Å². The normalized spacial score (nSPS) is 10.5. The van der Waals surface area contributed by atoms with Crippen LogP contribution in [0.15, 0.2) is 42.5 Å². The van der Waals surface area contributed by atoms with Gasteiger partial charge in [-0.2, -0.15) is 4.80 Å². The van der Waals surface area contributed by atoms with Crippen LogP contribution >= 0.6 is 23.2 Å². The van der Waals surface area contributed by atoms with E-state index >= 15 is 0 Å². The number of nitrogens with zero attached hydrogens (tertiary/aromatic N) is 4. The van der Waals surface area contributed by atoms with Gasteiger partial charge in [-0.1, -0.05) is 35.3 Å². The maximum atomic E-state index is 12.1. The molecule has 2 N–H and O–H groups in total. The van der Waals surface area contributed by atoms with E-state index in [0.717, 1.165) is 4.80 Å². The highest BCUT2D eigenvalue weighted by Crippen LogP contribution is 2.27. The molecule has 10 heteroatoms. The van der Waals surface area contributed by atoms with Gasteiger partial charge >= 0.3 is 0 Å². The van der Waals surface area contributed by atoms with Crippen molar-refractivity contribution in [3.05, 3.63) is 52.5 Å². The standard InChI is InChI=1S/C17H14Cl2N6O2/c1-10(26)20-15-7-6-11(8-13(15)19)17-22-24-25(23-17)9-16(27)21-14-5-3-2-4-12(14)18/h2-8H,9H2,1H3,(H,20,26)(H,21,27). The van der Waals surface area contributed by atoms with E-state index in [9.17, 15) is 9.59 Å². The third-order valence-electron chi connectivity index (χ3n) is 3.42. The number of hydrogen-bond acceptors (Lipinski definition) is 5. The summed E-state index contributed by atoms with van der Waals surface area (Å²) in [5.74, 6) is -0.263. The zero-order valence-electron chi connectivity index (χ0n) is 14.1. The van der Waals surface area contributed by atoms with Gasteiger partial charge in [0.15, 0.2) is 0 Å². The maximum Gasteiger partial charge on any atom is 0.248 e. The molecule has 27 heavy (non-hydrogen) atoms. The van der Waals surface area contributed by atoms with Crippen molar-refractivity contribution in [1.82, 2.24) is 20.2 Å². The monoisotopic (exact) mass is 404 g/mol. The van der Waals surface area contributed by atoms with Crippen molar-refractivity contribution in [2.24, 2.45) is 0 Å². The number of benzene rings is 2. The highest BCUT2D eigenvalue weighted by molar-refractivity contribution is 6.34. The van der Waals surface area contributed by atoms with Crippen LogP contribution in [-0.4, -0.2) is 32.0 Å². The largest absolute Gasteiger partial charge is 0.325 e. The van der Waals surface area contributed by atoms with Gasteiger partial charge in [-0.3, -0.25) is 9.59 Å². The number of amides is 2. The fourth-order valence-corrected chi connectivity index (χ4v) is 2.66. The van der Waals surface area contributed by atoms with Crippen LogP contribution in [0.4, 0.5) is 11.4 Å². The Bertz CT molecular complexity index is 1000. The molecule has 0 bridgehead atoms. The van der Waals surface area contributed by atoms with Crippen LogP contribution in [0.2, 0.25) is 10.0 Å². The van der Waals surface area contributed by atoms with Gasteiger partial charge in [0.25, 0.3) is 0 Å². The van der Waals surface area contributed by atoms with E-state index in [1.807, 2.05) is 0 Å². The fraction of sp³-hybridized carbons (Fsp3) is 0.118. The van der Waals surface area contributed by atoms with Gasteiger partial charge in [0.1, 0.15) is 6.54 Å². The van der Waals surface area contributed by atoms with Crippen molar-refractivity contribution < 1.29 is 9.59 Å². The number of carbonyl (C=O) groups is 2. The Morgan fingerprint density at radius 1 is 1.04 bits per heavy atom. The number of nitrogens with one attached hydrogen (secondary N) is 2. The second-order valence-electron chi connectivity index (χ2n) is 5.55. The summed E-state index contributed by atoms with van der Waals surface area (Å²) in [6, 6.07) is 11.9. The molecule has 0 saturated carbocycles. The van der Waals surface area contributed by atoms with E-state index in [1.54, 1.807) is 42.5 Å². The third-order valence-corrected chi connectivity index (χ3v) is 4.07. The smallest absolute Gasteiger partial charge is 0.248 e. The summed E-state index contributed by atoms with van der Waals surface area (Å²) in [6.45, 7) is 1.26. The average Bonchev–Trinajstić information content (AvgIpc) is 3.07. The Kier molecular flexibility index (Phi) is 5.68. The Morgan fingerprint density at radius 2 is 1.78 bits per heavy atom. The predicted octanol–water partition coefficient (Wildman–Crippen LogP) is 3.24. The first kappa shape index (κ1) is 18.8. The van der Waals surface area contributed by atoms with E-state index < -0.39 is 0 Å². The molecular formula is C17H14Cl2N6O2. The molecule has 138 valence electrons. The van der Waals surface area contributed by atoms with Crippen molar-refractivity contribution in [2.75, 3.05) is 10.6 Å². The molecule has 0 radical (unpaired) electrons. The minimum atomic E-state index is -0.342. The first-order chi connectivity index (χ1) is 12.9. The van der Waals surface area contributed by atoms with Crippen molar-refractivity contribution >= 4 is 46.4 Å². The van der Waals surface area contributed by atoms with E-state index in [-0.39, 0.29) is 18.4 Å². The fourth-order valence-electron chi connectivity index (χ4n) is 2.25. The molecule has 0 spiro atoms. The minimum absolute atomic E-state index is 0.129. The summed E-state index contributed by atoms with van der Waals surface area (Å²) in [5, 5.41) is 18.0. The number of tetrazole rings is 1. The Labute approximate surface area is 164 Å². The molecule has 0 fully saturated rings. The molecule has 2 amide bonds. The number of carbonyl (C=O) groups excluding carboxylic acids is 2. The number of anilines is 2. The summed E-state index contributed by atoms with van der Waals surface area (Å²) in [4.78, 5) is 24.4. The SMILES string of the molecule is CC(=O)Nc1ccc(-c2nnn(CC(=O)Nc3ccccc3Cl)n2)cc1Cl. The number of hydrogen-bond donors (Lipinski definition) is 2. The zero-order valence-corrected chi connectivity index (χ0v) is 15.6. The first-order valence-electron chi connectivity index (χ1n) is 7.82. The second kappa shape index (κ2) is 8.15. The lowest BCUT2D eigenvalue weighted by Crippen LogP contribution is -2.20. The third kappa shape index (κ3) is 4.81. The van der Waals surface area contributed by atoms with Crippen LogP contribution in [0.3, 0.4) is 0 Å². The molecule has 8 nitrogen and oxygen atoms in total. The molecule has 0 atom stereocenters. The Balaban J connectivity index is 1.69.